The van der Waals surface area contributed by atoms with Gasteiger partial charge in [-0.15, -0.1) is 0 Å². The molecular formula is C15H14ClN3O2. The summed E-state index contributed by atoms with van der Waals surface area (Å²) in [5.74, 6) is 1.16. The summed E-state index contributed by atoms with van der Waals surface area (Å²) in [6.07, 6.45) is 0. The van der Waals surface area contributed by atoms with E-state index in [0.29, 0.717) is 22.2 Å². The summed E-state index contributed by atoms with van der Waals surface area (Å²) in [6.45, 7) is 0. The fraction of sp³-hybridized carbons (Fsp3) is 0.133. The molecule has 0 bridgehead atoms. The van der Waals surface area contributed by atoms with Crippen LogP contribution in [0.2, 0.25) is 5.02 Å². The van der Waals surface area contributed by atoms with Gasteiger partial charge in [0.25, 0.3) is 0 Å². The second-order valence-corrected chi connectivity index (χ2v) is 5.08. The van der Waals surface area contributed by atoms with E-state index in [1.807, 2.05) is 23.7 Å². The van der Waals surface area contributed by atoms with Crippen molar-refractivity contribution >= 4 is 34.3 Å². The van der Waals surface area contributed by atoms with Crippen LogP contribution in [-0.4, -0.2) is 21.8 Å². The molecule has 5 nitrogen and oxygen atoms in total. The highest BCUT2D eigenvalue weighted by Crippen LogP contribution is 2.32. The minimum atomic E-state index is 0.0705. The van der Waals surface area contributed by atoms with E-state index in [1.165, 1.54) is 7.11 Å². The van der Waals surface area contributed by atoms with Gasteiger partial charge >= 0.3 is 0 Å². The molecule has 3 rings (SSSR count). The predicted molar refractivity (Wildman–Crippen MR) is 83.7 cm³/mol. The molecule has 3 aromatic rings. The molecule has 0 saturated carbocycles. The fourth-order valence-corrected chi connectivity index (χ4v) is 2.27. The van der Waals surface area contributed by atoms with Crippen LogP contribution in [0.3, 0.4) is 0 Å². The van der Waals surface area contributed by atoms with Gasteiger partial charge in [-0.2, -0.15) is 0 Å². The molecule has 2 N–H and O–H groups in total. The quantitative estimate of drug-likeness (QED) is 0.775. The van der Waals surface area contributed by atoms with Crippen molar-refractivity contribution in [3.8, 4) is 11.5 Å². The Morgan fingerprint density at radius 1 is 1.24 bits per heavy atom. The third-order valence-electron chi connectivity index (χ3n) is 3.28. The Morgan fingerprint density at radius 2 is 1.95 bits per heavy atom. The average molecular weight is 304 g/mol. The summed E-state index contributed by atoms with van der Waals surface area (Å²) in [5, 5.41) is 13.7. The molecule has 6 heteroatoms. The molecule has 2 aromatic carbocycles. The average Bonchev–Trinajstić information content (AvgIpc) is 2.76. The lowest BCUT2D eigenvalue weighted by atomic mass is 10.3. The number of hydrogen-bond acceptors (Lipinski definition) is 4. The molecule has 108 valence electrons. The van der Waals surface area contributed by atoms with E-state index >= 15 is 0 Å². The first-order valence-electron chi connectivity index (χ1n) is 6.34. The van der Waals surface area contributed by atoms with Crippen LogP contribution in [0.5, 0.6) is 11.5 Å². The van der Waals surface area contributed by atoms with Crippen LogP contribution in [0, 0.1) is 0 Å². The molecule has 1 aromatic heterocycles. The number of ether oxygens (including phenoxy) is 1. The smallest absolute Gasteiger partial charge is 0.208 e. The van der Waals surface area contributed by atoms with Crippen molar-refractivity contribution < 1.29 is 9.84 Å². The van der Waals surface area contributed by atoms with Gasteiger partial charge in [-0.05, 0) is 24.3 Å². The van der Waals surface area contributed by atoms with Crippen LogP contribution in [0.15, 0.2) is 36.4 Å². The fourth-order valence-electron chi connectivity index (χ4n) is 2.15. The van der Waals surface area contributed by atoms with Crippen molar-refractivity contribution in [2.24, 2.45) is 7.05 Å². The van der Waals surface area contributed by atoms with Gasteiger partial charge in [0.05, 0.1) is 18.1 Å². The monoisotopic (exact) mass is 303 g/mol. The zero-order valence-corrected chi connectivity index (χ0v) is 12.3. The lowest BCUT2D eigenvalue weighted by molar-refractivity contribution is 0.374. The summed E-state index contributed by atoms with van der Waals surface area (Å²) in [6, 6.07) is 10.7. The van der Waals surface area contributed by atoms with Crippen molar-refractivity contribution in [2.45, 2.75) is 0 Å². The molecule has 0 aliphatic heterocycles. The number of aryl methyl sites for hydroxylation is 1. The van der Waals surface area contributed by atoms with Crippen LogP contribution in [0.4, 0.5) is 11.6 Å². The molecule has 21 heavy (non-hydrogen) atoms. The Hall–Kier alpha value is -2.40. The van der Waals surface area contributed by atoms with E-state index < -0.39 is 0 Å². The van der Waals surface area contributed by atoms with Gasteiger partial charge in [0.2, 0.25) is 5.95 Å². The highest BCUT2D eigenvalue weighted by Gasteiger charge is 2.12. The lowest BCUT2D eigenvalue weighted by Crippen LogP contribution is -1.98. The van der Waals surface area contributed by atoms with Crippen LogP contribution in [-0.2, 0) is 7.05 Å². The maximum atomic E-state index is 9.82. The number of aromatic hydroxyl groups is 1. The molecule has 0 unspecified atom stereocenters. The van der Waals surface area contributed by atoms with Crippen LogP contribution in [0.1, 0.15) is 0 Å². The van der Waals surface area contributed by atoms with Crippen LogP contribution in [0.25, 0.3) is 11.0 Å². The number of nitrogens with zero attached hydrogens (tertiary/aromatic N) is 2. The summed E-state index contributed by atoms with van der Waals surface area (Å²) in [5.41, 5.74) is 2.43. The maximum Gasteiger partial charge on any atom is 0.208 e. The van der Waals surface area contributed by atoms with Gasteiger partial charge in [-0.3, -0.25) is 0 Å². The Kier molecular flexibility index (Phi) is 3.35. The molecule has 0 amide bonds. The molecular weight excluding hydrogens is 290 g/mol. The van der Waals surface area contributed by atoms with Crippen molar-refractivity contribution in [2.75, 3.05) is 12.4 Å². The van der Waals surface area contributed by atoms with E-state index in [-0.39, 0.29) is 5.75 Å². The topological polar surface area (TPSA) is 59.3 Å². The predicted octanol–water partition coefficient (Wildman–Crippen LogP) is 3.68. The van der Waals surface area contributed by atoms with Gasteiger partial charge < -0.3 is 19.7 Å². The van der Waals surface area contributed by atoms with E-state index in [2.05, 4.69) is 10.3 Å². The Balaban J connectivity index is 2.03. The maximum absolute atomic E-state index is 9.82. The Bertz CT molecular complexity index is 797. The van der Waals surface area contributed by atoms with Gasteiger partial charge in [0.1, 0.15) is 0 Å². The van der Waals surface area contributed by atoms with Crippen molar-refractivity contribution in [1.82, 2.24) is 9.55 Å². The minimum Gasteiger partial charge on any atom is -0.504 e. The summed E-state index contributed by atoms with van der Waals surface area (Å²) < 4.78 is 7.02. The van der Waals surface area contributed by atoms with E-state index in [4.69, 9.17) is 16.3 Å². The first-order valence-corrected chi connectivity index (χ1v) is 6.72. The first-order chi connectivity index (χ1) is 10.1. The highest BCUT2D eigenvalue weighted by atomic mass is 35.5. The van der Waals surface area contributed by atoms with Crippen LogP contribution >= 0.6 is 11.6 Å². The molecule has 1 heterocycles. The van der Waals surface area contributed by atoms with Gasteiger partial charge in [-0.1, -0.05) is 11.6 Å². The third-order valence-corrected chi connectivity index (χ3v) is 3.53. The molecule has 0 atom stereocenters. The van der Waals surface area contributed by atoms with Gasteiger partial charge in [0.15, 0.2) is 11.5 Å². The molecule has 0 radical (unpaired) electrons. The number of methoxy groups -OCH3 is 1. The second kappa shape index (κ2) is 5.18. The number of aromatic nitrogens is 2. The number of phenolic OH excluding ortho intramolecular Hbond substituents is 1. The zero-order valence-electron chi connectivity index (χ0n) is 11.6. The van der Waals surface area contributed by atoms with E-state index in [9.17, 15) is 5.11 Å². The zero-order chi connectivity index (χ0) is 15.0. The summed E-state index contributed by atoms with van der Waals surface area (Å²) in [7, 11) is 3.41. The number of fused-ring (bicyclic) bond motifs is 1. The number of hydrogen-bond donors (Lipinski definition) is 2. The molecule has 0 fully saturated rings. The van der Waals surface area contributed by atoms with E-state index in [0.717, 1.165) is 11.2 Å². The largest absolute Gasteiger partial charge is 0.504 e. The summed E-state index contributed by atoms with van der Waals surface area (Å²) in [4.78, 5) is 4.47. The number of imidazole rings is 1. The number of halogens is 1. The molecule has 0 spiro atoms. The molecule has 0 aliphatic rings. The normalized spacial score (nSPS) is 10.8. The third kappa shape index (κ3) is 2.48. The van der Waals surface area contributed by atoms with E-state index in [1.54, 1.807) is 24.3 Å². The number of rotatable bonds is 3. The van der Waals surface area contributed by atoms with Crippen molar-refractivity contribution in [3.05, 3.63) is 41.4 Å². The van der Waals surface area contributed by atoms with Crippen LogP contribution < -0.4 is 10.1 Å². The SMILES string of the molecule is COc1cc2c(cc1O)nc(Nc1ccc(Cl)cc1)n2C. The second-order valence-electron chi connectivity index (χ2n) is 4.64. The first kappa shape index (κ1) is 13.6. The van der Waals surface area contributed by atoms with Crippen molar-refractivity contribution in [3.63, 3.8) is 0 Å². The lowest BCUT2D eigenvalue weighted by Gasteiger charge is -2.06. The number of anilines is 2. The molecule has 0 aliphatic carbocycles. The Morgan fingerprint density at radius 3 is 2.62 bits per heavy atom. The minimum absolute atomic E-state index is 0.0705. The van der Waals surface area contributed by atoms with Gasteiger partial charge in [-0.25, -0.2) is 4.98 Å². The number of phenols is 1. The standard InChI is InChI=1S/C15H14ClN3O2/c1-19-12-8-14(21-2)13(20)7-11(12)18-15(19)17-10-5-3-9(16)4-6-10/h3-8,20H,1-2H3,(H,17,18). The Labute approximate surface area is 126 Å². The van der Waals surface area contributed by atoms with Gasteiger partial charge in [0, 0.05) is 29.9 Å². The number of benzene rings is 2. The van der Waals surface area contributed by atoms with Crippen molar-refractivity contribution in [1.29, 1.82) is 0 Å². The number of nitrogens with one attached hydrogen (secondary N) is 1. The molecule has 0 saturated heterocycles. The highest BCUT2D eigenvalue weighted by molar-refractivity contribution is 6.30. The summed E-state index contributed by atoms with van der Waals surface area (Å²) >= 11 is 5.87.